The van der Waals surface area contributed by atoms with Crippen LogP contribution in [0.3, 0.4) is 0 Å². The van der Waals surface area contributed by atoms with E-state index in [9.17, 15) is 27.6 Å². The van der Waals surface area contributed by atoms with Crippen LogP contribution in [-0.4, -0.2) is 17.8 Å². The second kappa shape index (κ2) is 10.5. The van der Waals surface area contributed by atoms with Crippen molar-refractivity contribution in [2.45, 2.75) is 12.8 Å². The summed E-state index contributed by atoms with van der Waals surface area (Å²) >= 11 is 18.0. The summed E-state index contributed by atoms with van der Waals surface area (Å²) in [6.45, 7) is 0.0711. The van der Waals surface area contributed by atoms with E-state index in [-0.39, 0.29) is 17.4 Å². The van der Waals surface area contributed by atoms with Gasteiger partial charge in [-0.15, -0.1) is 0 Å². The first-order valence-electron chi connectivity index (χ1n) is 10.4. The third kappa shape index (κ3) is 5.74. The maximum Gasteiger partial charge on any atom is 0.416 e. The van der Waals surface area contributed by atoms with Crippen molar-refractivity contribution in [3.05, 3.63) is 98.0 Å². The molecule has 1 fully saturated rings. The first-order valence-corrected chi connectivity index (χ1v) is 11.5. The van der Waals surface area contributed by atoms with Gasteiger partial charge in [-0.05, 0) is 48.0 Å². The van der Waals surface area contributed by atoms with E-state index in [0.29, 0.717) is 38.2 Å². The molecule has 1 heterocycles. The monoisotopic (exact) mass is 568 g/mol. The van der Waals surface area contributed by atoms with Crippen molar-refractivity contribution in [1.82, 2.24) is 5.32 Å². The SMILES string of the molecule is O=C1NC(=O)N(c2cc(C(F)(F)F)ccc2Cl)C(=O)/C1=C\c1ccccc1OCc1ccc(Cl)c(Cl)c1. The van der Waals surface area contributed by atoms with Gasteiger partial charge in [0.05, 0.1) is 26.3 Å². The number of halogens is 6. The largest absolute Gasteiger partial charge is 0.488 e. The fourth-order valence-electron chi connectivity index (χ4n) is 3.41. The number of barbiturate groups is 1. The number of nitrogens with zero attached hydrogens (tertiary/aromatic N) is 1. The van der Waals surface area contributed by atoms with E-state index in [1.165, 1.54) is 6.08 Å². The van der Waals surface area contributed by atoms with Crippen LogP contribution in [0.2, 0.25) is 15.1 Å². The molecule has 0 bridgehead atoms. The molecule has 0 aliphatic carbocycles. The Hall–Kier alpha value is -3.53. The van der Waals surface area contributed by atoms with Crippen LogP contribution in [0.5, 0.6) is 5.75 Å². The normalized spacial score (nSPS) is 15.2. The predicted molar refractivity (Wildman–Crippen MR) is 133 cm³/mol. The van der Waals surface area contributed by atoms with Crippen molar-refractivity contribution in [1.29, 1.82) is 0 Å². The number of imide groups is 2. The molecule has 0 unspecified atom stereocenters. The second-order valence-corrected chi connectivity index (χ2v) is 8.92. The van der Waals surface area contributed by atoms with Crippen molar-refractivity contribution in [3.63, 3.8) is 0 Å². The quantitative estimate of drug-likeness (QED) is 0.268. The summed E-state index contributed by atoms with van der Waals surface area (Å²) in [6, 6.07) is 12.3. The molecule has 37 heavy (non-hydrogen) atoms. The lowest BCUT2D eigenvalue weighted by atomic mass is 10.1. The summed E-state index contributed by atoms with van der Waals surface area (Å²) < 4.78 is 45.5. The van der Waals surface area contributed by atoms with Crippen LogP contribution in [-0.2, 0) is 22.4 Å². The third-order valence-corrected chi connectivity index (χ3v) is 6.27. The second-order valence-electron chi connectivity index (χ2n) is 7.70. The molecule has 190 valence electrons. The minimum Gasteiger partial charge on any atom is -0.488 e. The van der Waals surface area contributed by atoms with Gasteiger partial charge < -0.3 is 4.74 Å². The van der Waals surface area contributed by atoms with Crippen molar-refractivity contribution in [2.24, 2.45) is 0 Å². The van der Waals surface area contributed by atoms with Gasteiger partial charge in [0.2, 0.25) is 0 Å². The van der Waals surface area contributed by atoms with E-state index in [2.05, 4.69) is 0 Å². The highest BCUT2D eigenvalue weighted by molar-refractivity contribution is 6.42. The average Bonchev–Trinajstić information content (AvgIpc) is 2.83. The molecule has 1 aliphatic heterocycles. The molecule has 3 aromatic carbocycles. The maximum atomic E-state index is 13.2. The molecule has 4 rings (SSSR count). The summed E-state index contributed by atoms with van der Waals surface area (Å²) in [6.07, 6.45) is -3.59. The number of urea groups is 1. The number of carbonyl (C=O) groups is 3. The molecule has 1 N–H and O–H groups in total. The van der Waals surface area contributed by atoms with Gasteiger partial charge in [-0.1, -0.05) is 59.1 Å². The molecule has 6 nitrogen and oxygen atoms in total. The lowest BCUT2D eigenvalue weighted by Crippen LogP contribution is -2.54. The Morgan fingerprint density at radius 2 is 1.59 bits per heavy atom. The number of anilines is 1. The van der Waals surface area contributed by atoms with Crippen LogP contribution < -0.4 is 15.0 Å². The summed E-state index contributed by atoms with van der Waals surface area (Å²) in [5.41, 5.74) is -1.18. The number of alkyl halides is 3. The number of para-hydroxylation sites is 1. The zero-order chi connectivity index (χ0) is 26.9. The van der Waals surface area contributed by atoms with Crippen LogP contribution in [0.15, 0.2) is 66.2 Å². The summed E-state index contributed by atoms with van der Waals surface area (Å²) in [5.74, 6) is -1.91. The summed E-state index contributed by atoms with van der Waals surface area (Å²) in [4.78, 5) is 38.6. The van der Waals surface area contributed by atoms with Gasteiger partial charge in [0.1, 0.15) is 17.9 Å². The zero-order valence-electron chi connectivity index (χ0n) is 18.4. The molecule has 0 saturated carbocycles. The smallest absolute Gasteiger partial charge is 0.416 e. The fraction of sp³-hybridized carbons (Fsp3) is 0.0800. The third-order valence-electron chi connectivity index (χ3n) is 5.21. The Balaban J connectivity index is 1.67. The molecular formula is C25H14Cl3F3N2O4. The molecular weight excluding hydrogens is 556 g/mol. The number of rotatable bonds is 5. The van der Waals surface area contributed by atoms with E-state index in [4.69, 9.17) is 39.5 Å². The highest BCUT2D eigenvalue weighted by Crippen LogP contribution is 2.37. The van der Waals surface area contributed by atoms with Crippen molar-refractivity contribution in [2.75, 3.05) is 4.90 Å². The number of hydrogen-bond donors (Lipinski definition) is 1. The molecule has 0 spiro atoms. The number of ether oxygens (including phenoxy) is 1. The van der Waals surface area contributed by atoms with Crippen LogP contribution in [0.4, 0.5) is 23.7 Å². The number of benzene rings is 3. The number of amides is 4. The molecule has 1 aliphatic rings. The Kier molecular flexibility index (Phi) is 7.49. The number of nitrogens with one attached hydrogen (secondary N) is 1. The first-order chi connectivity index (χ1) is 17.5. The Morgan fingerprint density at radius 3 is 2.30 bits per heavy atom. The van der Waals surface area contributed by atoms with Gasteiger partial charge >= 0.3 is 12.2 Å². The molecule has 0 radical (unpaired) electrons. The molecule has 0 aromatic heterocycles. The van der Waals surface area contributed by atoms with Crippen LogP contribution >= 0.6 is 34.8 Å². The van der Waals surface area contributed by atoms with Gasteiger partial charge in [-0.25, -0.2) is 9.69 Å². The Morgan fingerprint density at radius 1 is 0.892 bits per heavy atom. The van der Waals surface area contributed by atoms with Crippen LogP contribution in [0, 0.1) is 0 Å². The number of hydrogen-bond acceptors (Lipinski definition) is 4. The van der Waals surface area contributed by atoms with Crippen molar-refractivity contribution >= 4 is 64.4 Å². The lowest BCUT2D eigenvalue weighted by Gasteiger charge is -2.27. The number of carbonyl (C=O) groups excluding carboxylic acids is 3. The Bertz CT molecular complexity index is 1460. The lowest BCUT2D eigenvalue weighted by molar-refractivity contribution is -0.137. The van der Waals surface area contributed by atoms with Gasteiger partial charge in [0.25, 0.3) is 11.8 Å². The first kappa shape index (κ1) is 26.5. The van der Waals surface area contributed by atoms with E-state index in [0.717, 1.165) is 6.07 Å². The minimum atomic E-state index is -4.76. The topological polar surface area (TPSA) is 75.7 Å². The maximum absolute atomic E-state index is 13.2. The van der Waals surface area contributed by atoms with Crippen LogP contribution in [0.25, 0.3) is 6.08 Å². The van der Waals surface area contributed by atoms with Gasteiger partial charge in [-0.2, -0.15) is 13.2 Å². The average molecular weight is 570 g/mol. The highest BCUT2D eigenvalue weighted by Gasteiger charge is 2.39. The van der Waals surface area contributed by atoms with Gasteiger partial charge in [-0.3, -0.25) is 14.9 Å². The Labute approximate surface area is 223 Å². The zero-order valence-corrected chi connectivity index (χ0v) is 20.7. The van der Waals surface area contributed by atoms with Crippen molar-refractivity contribution in [3.8, 4) is 5.75 Å². The van der Waals surface area contributed by atoms with E-state index < -0.39 is 40.8 Å². The minimum absolute atomic E-state index is 0.0711. The fourth-order valence-corrected chi connectivity index (χ4v) is 3.94. The molecule has 12 heteroatoms. The molecule has 1 saturated heterocycles. The van der Waals surface area contributed by atoms with E-state index in [1.807, 2.05) is 5.32 Å². The predicted octanol–water partition coefficient (Wildman–Crippen LogP) is 6.91. The van der Waals surface area contributed by atoms with Gasteiger partial charge in [0.15, 0.2) is 0 Å². The molecule has 3 aromatic rings. The molecule has 4 amide bonds. The highest BCUT2D eigenvalue weighted by atomic mass is 35.5. The summed E-state index contributed by atoms with van der Waals surface area (Å²) in [7, 11) is 0. The van der Waals surface area contributed by atoms with Crippen molar-refractivity contribution < 1.29 is 32.3 Å². The standard InChI is InChI=1S/C25H14Cl3F3N2O4/c26-17-7-5-13(9-19(17)28)12-37-21-4-2-1-3-14(21)10-16-22(34)32-24(36)33(23(16)35)20-11-15(25(29,30)31)6-8-18(20)27/h1-11H,12H2,(H,32,34,36)/b16-10-. The summed E-state index contributed by atoms with van der Waals surface area (Å²) in [5, 5.41) is 2.36. The van der Waals surface area contributed by atoms with E-state index >= 15 is 0 Å². The van der Waals surface area contributed by atoms with E-state index in [1.54, 1.807) is 42.5 Å². The molecule has 0 atom stereocenters. The van der Waals surface area contributed by atoms with Crippen LogP contribution in [0.1, 0.15) is 16.7 Å². The van der Waals surface area contributed by atoms with Gasteiger partial charge in [0, 0.05) is 5.56 Å².